The molecule has 0 aliphatic heterocycles. The van der Waals surface area contributed by atoms with E-state index in [2.05, 4.69) is 4.98 Å². The Hall–Kier alpha value is -1.76. The monoisotopic (exact) mass is 264 g/mol. The van der Waals surface area contributed by atoms with E-state index >= 15 is 0 Å². The number of alkyl halides is 3. The van der Waals surface area contributed by atoms with Crippen LogP contribution in [0.1, 0.15) is 16.1 Å². The van der Waals surface area contributed by atoms with Crippen LogP contribution in [0.2, 0.25) is 5.02 Å². The summed E-state index contributed by atoms with van der Waals surface area (Å²) in [5, 5.41) is 8.14. The Morgan fingerprint density at radius 3 is 2.65 bits per heavy atom. The standard InChI is InChI=1S/C9H4ClF3N2O2/c10-4-1-2-15-3-5(8(16)17)14-7(15)6(4)9(11,12)13/h1-3H,(H,16,17). The average Bonchev–Trinajstić information content (AvgIpc) is 2.58. The number of rotatable bonds is 1. The lowest BCUT2D eigenvalue weighted by Crippen LogP contribution is -2.08. The molecule has 2 aromatic rings. The van der Waals surface area contributed by atoms with Gasteiger partial charge in [-0.2, -0.15) is 13.2 Å². The summed E-state index contributed by atoms with van der Waals surface area (Å²) in [6.45, 7) is 0. The number of hydrogen-bond donors (Lipinski definition) is 1. The molecule has 0 unspecified atom stereocenters. The number of halogens is 4. The van der Waals surface area contributed by atoms with Crippen molar-refractivity contribution in [2.75, 3.05) is 0 Å². The normalized spacial score (nSPS) is 12.0. The highest BCUT2D eigenvalue weighted by Crippen LogP contribution is 2.37. The molecule has 0 aliphatic carbocycles. The van der Waals surface area contributed by atoms with Gasteiger partial charge < -0.3 is 9.51 Å². The van der Waals surface area contributed by atoms with Crippen molar-refractivity contribution in [1.82, 2.24) is 9.38 Å². The summed E-state index contributed by atoms with van der Waals surface area (Å²) < 4.78 is 39.1. The third-order valence-electron chi connectivity index (χ3n) is 2.08. The smallest absolute Gasteiger partial charge is 0.421 e. The molecule has 0 fully saturated rings. The Kier molecular flexibility index (Phi) is 2.50. The van der Waals surface area contributed by atoms with Gasteiger partial charge in [-0.1, -0.05) is 11.6 Å². The fraction of sp³-hybridized carbons (Fsp3) is 0.111. The molecule has 0 atom stereocenters. The van der Waals surface area contributed by atoms with Crippen LogP contribution in [-0.2, 0) is 6.18 Å². The molecule has 2 heterocycles. The first-order valence-electron chi connectivity index (χ1n) is 4.28. The van der Waals surface area contributed by atoms with Crippen LogP contribution < -0.4 is 0 Å². The van der Waals surface area contributed by atoms with E-state index in [0.29, 0.717) is 0 Å². The maximum atomic E-state index is 12.7. The maximum Gasteiger partial charge on any atom is 0.421 e. The van der Waals surface area contributed by atoms with Crippen LogP contribution >= 0.6 is 11.6 Å². The van der Waals surface area contributed by atoms with E-state index in [4.69, 9.17) is 16.7 Å². The summed E-state index contributed by atoms with van der Waals surface area (Å²) in [6.07, 6.45) is -2.49. The van der Waals surface area contributed by atoms with Gasteiger partial charge in [0.05, 0.1) is 5.02 Å². The van der Waals surface area contributed by atoms with E-state index in [1.807, 2.05) is 0 Å². The van der Waals surface area contributed by atoms with Crippen molar-refractivity contribution in [2.24, 2.45) is 0 Å². The lowest BCUT2D eigenvalue weighted by molar-refractivity contribution is -0.136. The molecule has 90 valence electrons. The second-order valence-electron chi connectivity index (χ2n) is 3.20. The second-order valence-corrected chi connectivity index (χ2v) is 3.61. The molecular weight excluding hydrogens is 261 g/mol. The number of carboxylic acid groups (broad SMARTS) is 1. The zero-order valence-electron chi connectivity index (χ0n) is 7.99. The van der Waals surface area contributed by atoms with Crippen molar-refractivity contribution in [3.05, 3.63) is 34.7 Å². The van der Waals surface area contributed by atoms with E-state index in [0.717, 1.165) is 16.7 Å². The fourth-order valence-electron chi connectivity index (χ4n) is 1.39. The predicted octanol–water partition coefficient (Wildman–Crippen LogP) is 2.70. The van der Waals surface area contributed by atoms with Crippen molar-refractivity contribution < 1.29 is 23.1 Å². The van der Waals surface area contributed by atoms with Crippen molar-refractivity contribution in [2.45, 2.75) is 6.18 Å². The number of fused-ring (bicyclic) bond motifs is 1. The molecule has 0 aromatic carbocycles. The number of pyridine rings is 1. The minimum atomic E-state index is -4.69. The number of nitrogens with zero attached hydrogens (tertiary/aromatic N) is 2. The van der Waals surface area contributed by atoms with E-state index < -0.39 is 34.1 Å². The van der Waals surface area contributed by atoms with Gasteiger partial charge in [0.15, 0.2) is 11.3 Å². The first kappa shape index (κ1) is 11.7. The molecule has 8 heteroatoms. The van der Waals surface area contributed by atoms with Crippen molar-refractivity contribution in [3.63, 3.8) is 0 Å². The van der Waals surface area contributed by atoms with Gasteiger partial charge in [-0.3, -0.25) is 0 Å². The molecule has 2 rings (SSSR count). The van der Waals surface area contributed by atoms with Crippen LogP contribution in [0.5, 0.6) is 0 Å². The molecule has 0 radical (unpaired) electrons. The topological polar surface area (TPSA) is 54.6 Å². The Morgan fingerprint density at radius 1 is 1.47 bits per heavy atom. The second kappa shape index (κ2) is 3.63. The maximum absolute atomic E-state index is 12.7. The van der Waals surface area contributed by atoms with Gasteiger partial charge in [0.25, 0.3) is 0 Å². The zero-order chi connectivity index (χ0) is 12.8. The molecule has 1 N–H and O–H groups in total. The van der Waals surface area contributed by atoms with Crippen LogP contribution in [0.3, 0.4) is 0 Å². The number of aromatic carboxylic acids is 1. The Bertz CT molecular complexity index is 606. The molecule has 0 saturated heterocycles. The lowest BCUT2D eigenvalue weighted by Gasteiger charge is -2.09. The first-order valence-corrected chi connectivity index (χ1v) is 4.66. The van der Waals surface area contributed by atoms with Crippen molar-refractivity contribution >= 4 is 23.2 Å². The molecule has 0 spiro atoms. The van der Waals surface area contributed by atoms with Gasteiger partial charge >= 0.3 is 12.1 Å². The van der Waals surface area contributed by atoms with Crippen molar-refractivity contribution in [1.29, 1.82) is 0 Å². The molecule has 4 nitrogen and oxygen atoms in total. The lowest BCUT2D eigenvalue weighted by atomic mass is 10.2. The Morgan fingerprint density at radius 2 is 2.12 bits per heavy atom. The molecule has 17 heavy (non-hydrogen) atoms. The van der Waals surface area contributed by atoms with Crippen LogP contribution in [0, 0.1) is 0 Å². The van der Waals surface area contributed by atoms with E-state index in [-0.39, 0.29) is 0 Å². The molecule has 0 saturated carbocycles. The first-order chi connectivity index (χ1) is 7.80. The van der Waals surface area contributed by atoms with Crippen LogP contribution in [0.4, 0.5) is 13.2 Å². The summed E-state index contributed by atoms with van der Waals surface area (Å²) in [6, 6.07) is 1.03. The summed E-state index contributed by atoms with van der Waals surface area (Å²) in [7, 11) is 0. The average molecular weight is 265 g/mol. The van der Waals surface area contributed by atoms with Crippen LogP contribution in [-0.4, -0.2) is 20.5 Å². The summed E-state index contributed by atoms with van der Waals surface area (Å²) in [5.41, 5.74) is -2.14. The summed E-state index contributed by atoms with van der Waals surface area (Å²) in [4.78, 5) is 14.0. The molecule has 0 bridgehead atoms. The SMILES string of the molecule is O=C(O)c1cn2ccc(Cl)c(C(F)(F)F)c2n1. The van der Waals surface area contributed by atoms with Crippen LogP contribution in [0.25, 0.3) is 5.65 Å². The Labute approximate surface area is 97.3 Å². The quantitative estimate of drug-likeness (QED) is 0.861. The third kappa shape index (κ3) is 1.93. The van der Waals surface area contributed by atoms with Gasteiger partial charge in [-0.05, 0) is 6.07 Å². The zero-order valence-corrected chi connectivity index (χ0v) is 8.75. The van der Waals surface area contributed by atoms with Gasteiger partial charge in [0.1, 0.15) is 5.56 Å². The largest absolute Gasteiger partial charge is 0.476 e. The van der Waals surface area contributed by atoms with Crippen LogP contribution in [0.15, 0.2) is 18.5 Å². The minimum Gasteiger partial charge on any atom is -0.476 e. The number of hydrogen-bond acceptors (Lipinski definition) is 2. The van der Waals surface area contributed by atoms with Gasteiger partial charge in [-0.25, -0.2) is 9.78 Å². The highest BCUT2D eigenvalue weighted by molar-refractivity contribution is 6.31. The molecule has 0 aliphatic rings. The highest BCUT2D eigenvalue weighted by atomic mass is 35.5. The van der Waals surface area contributed by atoms with Gasteiger partial charge in [0, 0.05) is 12.4 Å². The number of aromatic nitrogens is 2. The third-order valence-corrected chi connectivity index (χ3v) is 2.39. The van der Waals surface area contributed by atoms with Gasteiger partial charge in [-0.15, -0.1) is 0 Å². The summed E-state index contributed by atoms with van der Waals surface area (Å²) >= 11 is 5.46. The minimum absolute atomic E-state index is 0.474. The molecule has 2 aromatic heterocycles. The molecule has 0 amide bonds. The predicted molar refractivity (Wildman–Crippen MR) is 52.2 cm³/mol. The number of carboxylic acids is 1. The number of carbonyl (C=O) groups is 1. The van der Waals surface area contributed by atoms with Gasteiger partial charge in [0.2, 0.25) is 0 Å². The number of imidazole rings is 1. The van der Waals surface area contributed by atoms with E-state index in [1.54, 1.807) is 0 Å². The Balaban J connectivity index is 2.81. The van der Waals surface area contributed by atoms with Crippen molar-refractivity contribution in [3.8, 4) is 0 Å². The summed E-state index contributed by atoms with van der Waals surface area (Å²) in [5.74, 6) is -1.40. The van der Waals surface area contributed by atoms with E-state index in [9.17, 15) is 18.0 Å². The van der Waals surface area contributed by atoms with E-state index in [1.165, 1.54) is 6.20 Å². The molecular formula is C9H4ClF3N2O2. The fourth-order valence-corrected chi connectivity index (χ4v) is 1.64. The highest BCUT2D eigenvalue weighted by Gasteiger charge is 2.37.